The van der Waals surface area contributed by atoms with Crippen LogP contribution in [0.3, 0.4) is 0 Å². The number of nitrogens with one attached hydrogen (secondary N) is 1. The van der Waals surface area contributed by atoms with Crippen LogP contribution in [-0.2, 0) is 9.53 Å². The lowest BCUT2D eigenvalue weighted by molar-refractivity contribution is -0.128. The molecule has 0 saturated heterocycles. The molecule has 2 aliphatic rings. The number of amides is 1. The highest BCUT2D eigenvalue weighted by Crippen LogP contribution is 2.37. The van der Waals surface area contributed by atoms with Crippen LogP contribution in [0.1, 0.15) is 64.2 Å². The molecule has 1 amide bonds. The molecule has 1 N–H and O–H groups in total. The molecule has 0 aromatic carbocycles. The molecule has 0 radical (unpaired) electrons. The van der Waals surface area contributed by atoms with Crippen molar-refractivity contribution in [1.82, 2.24) is 5.32 Å². The second-order valence-electron chi connectivity index (χ2n) is 6.14. The quantitative estimate of drug-likeness (QED) is 0.621. The first kappa shape index (κ1) is 15.3. The van der Waals surface area contributed by atoms with Crippen LogP contribution in [0.4, 0.5) is 0 Å². The van der Waals surface area contributed by atoms with E-state index in [0.717, 1.165) is 25.7 Å². The van der Waals surface area contributed by atoms with Gasteiger partial charge in [0.25, 0.3) is 0 Å². The Morgan fingerprint density at radius 2 is 1.80 bits per heavy atom. The van der Waals surface area contributed by atoms with Crippen molar-refractivity contribution in [2.24, 2.45) is 5.41 Å². The van der Waals surface area contributed by atoms with Gasteiger partial charge in [-0.2, -0.15) is 5.26 Å². The predicted octanol–water partition coefficient (Wildman–Crippen LogP) is 2.93. The smallest absolute Gasteiger partial charge is 0.240 e. The first-order chi connectivity index (χ1) is 9.77. The van der Waals surface area contributed by atoms with E-state index in [4.69, 9.17) is 4.74 Å². The van der Waals surface area contributed by atoms with Gasteiger partial charge in [0, 0.05) is 6.54 Å². The van der Waals surface area contributed by atoms with E-state index < -0.39 is 5.41 Å². The van der Waals surface area contributed by atoms with Gasteiger partial charge in [0.2, 0.25) is 5.91 Å². The van der Waals surface area contributed by atoms with Gasteiger partial charge in [-0.3, -0.25) is 4.79 Å². The van der Waals surface area contributed by atoms with Gasteiger partial charge < -0.3 is 10.1 Å². The summed E-state index contributed by atoms with van der Waals surface area (Å²) in [6.07, 6.45) is 11.2. The fourth-order valence-corrected chi connectivity index (χ4v) is 3.34. The van der Waals surface area contributed by atoms with Crippen molar-refractivity contribution in [2.75, 3.05) is 13.2 Å². The van der Waals surface area contributed by atoms with Crippen LogP contribution >= 0.6 is 0 Å². The van der Waals surface area contributed by atoms with Gasteiger partial charge in [-0.05, 0) is 25.7 Å². The SMILES string of the molecule is N#CC1(C(=O)NCCOC2CCCCCC2)CCCC1. The van der Waals surface area contributed by atoms with Crippen LogP contribution in [0.5, 0.6) is 0 Å². The number of carbonyl (C=O) groups is 1. The molecule has 0 unspecified atom stereocenters. The minimum atomic E-state index is -0.762. The molecular formula is C16H26N2O2. The number of rotatable bonds is 5. The van der Waals surface area contributed by atoms with Gasteiger partial charge in [0.1, 0.15) is 5.41 Å². The maximum Gasteiger partial charge on any atom is 0.240 e. The van der Waals surface area contributed by atoms with E-state index in [-0.39, 0.29) is 5.91 Å². The van der Waals surface area contributed by atoms with Crippen LogP contribution in [0, 0.1) is 16.7 Å². The van der Waals surface area contributed by atoms with Crippen LogP contribution < -0.4 is 5.32 Å². The first-order valence-electron chi connectivity index (χ1n) is 8.08. The Morgan fingerprint density at radius 3 is 2.40 bits per heavy atom. The van der Waals surface area contributed by atoms with Crippen molar-refractivity contribution in [3.05, 3.63) is 0 Å². The Kier molecular flexibility index (Phi) is 5.85. The normalized spacial score (nSPS) is 22.9. The summed E-state index contributed by atoms with van der Waals surface area (Å²) >= 11 is 0. The lowest BCUT2D eigenvalue weighted by atomic mass is 9.87. The van der Waals surface area contributed by atoms with Crippen molar-refractivity contribution < 1.29 is 9.53 Å². The topological polar surface area (TPSA) is 62.1 Å². The standard InChI is InChI=1S/C16H26N2O2/c17-13-16(9-5-6-10-16)15(19)18-11-12-20-14-7-3-1-2-4-8-14/h14H,1-12H2,(H,18,19). The van der Waals surface area contributed by atoms with E-state index in [1.807, 2.05) is 0 Å². The Bertz CT molecular complexity index is 348. The Labute approximate surface area is 121 Å². The third-order valence-electron chi connectivity index (χ3n) is 4.65. The van der Waals surface area contributed by atoms with E-state index in [1.54, 1.807) is 0 Å². The van der Waals surface area contributed by atoms with Gasteiger partial charge in [-0.15, -0.1) is 0 Å². The minimum absolute atomic E-state index is 0.0954. The summed E-state index contributed by atoms with van der Waals surface area (Å²) in [6, 6.07) is 2.22. The molecule has 20 heavy (non-hydrogen) atoms. The summed E-state index contributed by atoms with van der Waals surface area (Å²) in [4.78, 5) is 12.1. The van der Waals surface area contributed by atoms with Crippen molar-refractivity contribution in [3.8, 4) is 6.07 Å². The summed E-state index contributed by atoms with van der Waals surface area (Å²) in [5.41, 5.74) is -0.762. The van der Waals surface area contributed by atoms with Crippen molar-refractivity contribution in [2.45, 2.75) is 70.3 Å². The highest BCUT2D eigenvalue weighted by molar-refractivity contribution is 5.85. The van der Waals surface area contributed by atoms with E-state index >= 15 is 0 Å². The third kappa shape index (κ3) is 3.96. The molecule has 0 heterocycles. The molecule has 2 rings (SSSR count). The average molecular weight is 278 g/mol. The van der Waals surface area contributed by atoms with Crippen LogP contribution in [0.2, 0.25) is 0 Å². The van der Waals surface area contributed by atoms with Crippen molar-refractivity contribution >= 4 is 5.91 Å². The molecule has 2 fully saturated rings. The first-order valence-corrected chi connectivity index (χ1v) is 8.08. The highest BCUT2D eigenvalue weighted by Gasteiger charge is 2.41. The van der Waals surface area contributed by atoms with Crippen LogP contribution in [0.25, 0.3) is 0 Å². The monoisotopic (exact) mass is 278 g/mol. The average Bonchev–Trinajstić information content (AvgIpc) is 2.82. The third-order valence-corrected chi connectivity index (χ3v) is 4.65. The Hall–Kier alpha value is -1.08. The van der Waals surface area contributed by atoms with Gasteiger partial charge in [0.15, 0.2) is 0 Å². The maximum atomic E-state index is 12.1. The minimum Gasteiger partial charge on any atom is -0.376 e. The van der Waals surface area contributed by atoms with Crippen molar-refractivity contribution in [1.29, 1.82) is 5.26 Å². The van der Waals surface area contributed by atoms with Crippen LogP contribution in [0.15, 0.2) is 0 Å². The summed E-state index contributed by atoms with van der Waals surface area (Å²) in [6.45, 7) is 1.09. The molecule has 4 heteroatoms. The van der Waals surface area contributed by atoms with Gasteiger partial charge >= 0.3 is 0 Å². The van der Waals surface area contributed by atoms with E-state index in [9.17, 15) is 10.1 Å². The number of ether oxygens (including phenoxy) is 1. The van der Waals surface area contributed by atoms with Gasteiger partial charge in [-0.25, -0.2) is 0 Å². The Balaban J connectivity index is 1.65. The Morgan fingerprint density at radius 1 is 1.15 bits per heavy atom. The second kappa shape index (κ2) is 7.64. The number of hydrogen-bond acceptors (Lipinski definition) is 3. The van der Waals surface area contributed by atoms with Gasteiger partial charge in [-0.1, -0.05) is 38.5 Å². The van der Waals surface area contributed by atoms with Crippen LogP contribution in [-0.4, -0.2) is 25.2 Å². The summed E-state index contributed by atoms with van der Waals surface area (Å²) in [7, 11) is 0. The lowest BCUT2D eigenvalue weighted by Crippen LogP contribution is -2.40. The fraction of sp³-hybridized carbons (Fsp3) is 0.875. The molecule has 2 saturated carbocycles. The lowest BCUT2D eigenvalue weighted by Gasteiger charge is -2.20. The van der Waals surface area contributed by atoms with E-state index in [0.29, 0.717) is 32.1 Å². The molecule has 112 valence electrons. The number of hydrogen-bond donors (Lipinski definition) is 1. The molecule has 0 aliphatic heterocycles. The zero-order valence-electron chi connectivity index (χ0n) is 12.3. The number of carbonyl (C=O) groups excluding carboxylic acids is 1. The highest BCUT2D eigenvalue weighted by atomic mass is 16.5. The largest absolute Gasteiger partial charge is 0.376 e. The summed E-state index contributed by atoms with van der Waals surface area (Å²) < 4.78 is 5.84. The molecule has 0 spiro atoms. The molecule has 4 nitrogen and oxygen atoms in total. The molecule has 0 aromatic rings. The van der Waals surface area contributed by atoms with E-state index in [1.165, 1.54) is 25.7 Å². The number of nitrogens with zero attached hydrogens (tertiary/aromatic N) is 1. The van der Waals surface area contributed by atoms with E-state index in [2.05, 4.69) is 11.4 Å². The molecule has 0 atom stereocenters. The summed E-state index contributed by atoms with van der Waals surface area (Å²) in [5, 5.41) is 12.1. The fourth-order valence-electron chi connectivity index (χ4n) is 3.34. The zero-order chi connectivity index (χ0) is 14.3. The number of nitriles is 1. The molecule has 0 bridgehead atoms. The predicted molar refractivity (Wildman–Crippen MR) is 77.0 cm³/mol. The second-order valence-corrected chi connectivity index (χ2v) is 6.14. The zero-order valence-corrected chi connectivity index (χ0v) is 12.3. The maximum absolute atomic E-state index is 12.1. The van der Waals surface area contributed by atoms with Crippen molar-refractivity contribution in [3.63, 3.8) is 0 Å². The molecule has 2 aliphatic carbocycles. The molecular weight excluding hydrogens is 252 g/mol. The van der Waals surface area contributed by atoms with Gasteiger partial charge in [0.05, 0.1) is 18.8 Å². The molecule has 0 aromatic heterocycles. The summed E-state index contributed by atoms with van der Waals surface area (Å²) in [5.74, 6) is -0.0954.